The molecule has 0 aromatic heterocycles. The van der Waals surface area contributed by atoms with Crippen molar-refractivity contribution >= 4 is 22.1 Å². The number of esters is 2. The summed E-state index contributed by atoms with van der Waals surface area (Å²) in [5.74, 6) is -13.1. The number of hydrogen-bond donors (Lipinski definition) is 0. The molecule has 4 atom stereocenters. The molecule has 5 aliphatic rings. The predicted molar refractivity (Wildman–Crippen MR) is 177 cm³/mol. The molecule has 0 spiro atoms. The number of hydrogen-bond acceptors (Lipinski definition) is 7. The van der Waals surface area contributed by atoms with Crippen LogP contribution in [0.1, 0.15) is 160 Å². The van der Waals surface area contributed by atoms with Gasteiger partial charge in [0, 0.05) is 0 Å². The molecule has 51 heavy (non-hydrogen) atoms. The van der Waals surface area contributed by atoms with Gasteiger partial charge in [-0.2, -0.15) is 8.78 Å². The molecule has 7 nitrogen and oxygen atoms in total. The third-order valence-electron chi connectivity index (χ3n) is 12.6. The molecule has 5 aliphatic carbocycles. The van der Waals surface area contributed by atoms with Gasteiger partial charge >= 0.3 is 11.9 Å². The van der Waals surface area contributed by atoms with Gasteiger partial charge in [0.25, 0.3) is 0 Å². The smallest absolute Gasteiger partial charge is 0.338 e. The summed E-state index contributed by atoms with van der Waals surface area (Å²) in [6.07, 6.45) is 17.6. The van der Waals surface area contributed by atoms with Crippen molar-refractivity contribution in [2.24, 2.45) is 17.8 Å². The molecule has 0 saturated heterocycles. The fraction of sp³-hybridized carbons (Fsp3) is 0.641. The minimum atomic E-state index is -5.90. The zero-order valence-electron chi connectivity index (χ0n) is 28.7. The zero-order chi connectivity index (χ0) is 36.0. The third-order valence-corrected chi connectivity index (χ3v) is 13.4. The van der Waals surface area contributed by atoms with Crippen LogP contribution in [0.25, 0.3) is 0 Å². The van der Waals surface area contributed by atoms with Gasteiger partial charge in [0.15, 0.2) is 11.6 Å². The van der Waals surface area contributed by atoms with Crippen molar-refractivity contribution in [1.82, 2.24) is 0 Å². The van der Waals surface area contributed by atoms with Crippen molar-refractivity contribution in [3.8, 4) is 5.75 Å². The predicted octanol–water partition coefficient (Wildman–Crippen LogP) is 9.47. The topological polar surface area (TPSA) is 110 Å². The van der Waals surface area contributed by atoms with Crippen LogP contribution in [0.4, 0.5) is 17.6 Å². The summed E-state index contributed by atoms with van der Waals surface area (Å²) in [4.78, 5) is 25.2. The highest BCUT2D eigenvalue weighted by Crippen LogP contribution is 2.51. The first-order valence-electron chi connectivity index (χ1n) is 18.8. The van der Waals surface area contributed by atoms with Gasteiger partial charge in [-0.1, -0.05) is 69.9 Å². The molecule has 7 rings (SSSR count). The Morgan fingerprint density at radius 2 is 1.14 bits per heavy atom. The standard InChI is InChI=1S/C39H46F4O7S/c40-32-34(42)37(51(46,47)48)35(43)33(41)36(32)50-38(44)29-19-26-16-25(29)20-30(26)49-39(45)31-27(22-12-6-2-7-13-22)17-24(21-10-4-1-5-11-21)18-28(31)23-14-8-3-9-15-23/h17-18,21-23,25-26,29-30H,1-16,19-20H2,(H,46,47,48)/p-1. The van der Waals surface area contributed by atoms with Gasteiger partial charge in [-0.25, -0.2) is 22.0 Å². The first-order chi connectivity index (χ1) is 24.4. The van der Waals surface area contributed by atoms with Gasteiger partial charge < -0.3 is 14.0 Å². The number of benzene rings is 2. The third kappa shape index (κ3) is 7.20. The van der Waals surface area contributed by atoms with E-state index in [-0.39, 0.29) is 24.2 Å². The summed E-state index contributed by atoms with van der Waals surface area (Å²) in [7, 11) is -5.90. The van der Waals surface area contributed by atoms with Gasteiger partial charge in [0.05, 0.1) is 11.5 Å². The number of carbonyl (C=O) groups is 2. The Bertz CT molecular complexity index is 1710. The summed E-state index contributed by atoms with van der Waals surface area (Å²) in [6, 6.07) is 4.65. The Labute approximate surface area is 296 Å². The van der Waals surface area contributed by atoms with Crippen LogP contribution < -0.4 is 4.74 Å². The molecular weight excluding hydrogens is 688 g/mol. The molecular formula is C39H45F4O7S-. The average Bonchev–Trinajstić information content (AvgIpc) is 3.74. The lowest BCUT2D eigenvalue weighted by Gasteiger charge is -2.33. The van der Waals surface area contributed by atoms with E-state index in [1.165, 1.54) is 50.5 Å². The second-order valence-electron chi connectivity index (χ2n) is 15.6. The van der Waals surface area contributed by atoms with E-state index in [4.69, 9.17) is 9.47 Å². The van der Waals surface area contributed by atoms with E-state index >= 15 is 0 Å². The molecule has 0 heterocycles. The van der Waals surface area contributed by atoms with Crippen molar-refractivity contribution in [3.63, 3.8) is 0 Å². The second kappa shape index (κ2) is 14.8. The maximum atomic E-state index is 14.6. The molecule has 2 bridgehead atoms. The Kier molecular flexibility index (Phi) is 10.6. The van der Waals surface area contributed by atoms with Crippen LogP contribution in [0, 0.1) is 41.0 Å². The van der Waals surface area contributed by atoms with Crippen LogP contribution in [-0.4, -0.2) is 31.0 Å². The van der Waals surface area contributed by atoms with E-state index in [1.807, 2.05) is 0 Å². The monoisotopic (exact) mass is 733 g/mol. The Balaban J connectivity index is 1.12. The highest BCUT2D eigenvalue weighted by molar-refractivity contribution is 7.85. The largest absolute Gasteiger partial charge is 0.744 e. The summed E-state index contributed by atoms with van der Waals surface area (Å²) >= 11 is 0. The number of halogens is 4. The second-order valence-corrected chi connectivity index (χ2v) is 17.0. The fourth-order valence-corrected chi connectivity index (χ4v) is 10.6. The first kappa shape index (κ1) is 36.4. The molecule has 4 unspecified atom stereocenters. The summed E-state index contributed by atoms with van der Waals surface area (Å²) in [5, 5.41) is 0. The number of rotatable bonds is 8. The van der Waals surface area contributed by atoms with Gasteiger partial charge in [0.2, 0.25) is 17.4 Å². The molecule has 2 aromatic rings. The van der Waals surface area contributed by atoms with Gasteiger partial charge in [0.1, 0.15) is 21.1 Å². The summed E-state index contributed by atoms with van der Waals surface area (Å²) in [5.41, 5.74) is 4.36. The number of carbonyl (C=O) groups excluding carboxylic acids is 2. The van der Waals surface area contributed by atoms with Crippen LogP contribution in [0.15, 0.2) is 17.0 Å². The van der Waals surface area contributed by atoms with E-state index in [1.54, 1.807) is 0 Å². The molecule has 5 saturated carbocycles. The Hall–Kier alpha value is -2.99. The lowest BCUT2D eigenvalue weighted by atomic mass is 9.73. The van der Waals surface area contributed by atoms with Crippen LogP contribution in [0.5, 0.6) is 5.75 Å². The average molecular weight is 734 g/mol. The molecule has 2 aromatic carbocycles. The fourth-order valence-electron chi connectivity index (χ4n) is 10.0. The summed E-state index contributed by atoms with van der Waals surface area (Å²) in [6.45, 7) is 0. The lowest BCUT2D eigenvalue weighted by Crippen LogP contribution is -2.33. The molecule has 5 fully saturated rings. The zero-order valence-corrected chi connectivity index (χ0v) is 29.5. The van der Waals surface area contributed by atoms with E-state index in [0.717, 1.165) is 68.1 Å². The van der Waals surface area contributed by atoms with Crippen LogP contribution in [-0.2, 0) is 19.6 Å². The number of fused-ring (bicyclic) bond motifs is 2. The molecule has 0 amide bonds. The van der Waals surface area contributed by atoms with E-state index < -0.39 is 62.0 Å². The lowest BCUT2D eigenvalue weighted by molar-refractivity contribution is -0.141. The van der Waals surface area contributed by atoms with E-state index in [9.17, 15) is 40.1 Å². The quantitative estimate of drug-likeness (QED) is 0.0874. The first-order valence-corrected chi connectivity index (χ1v) is 20.2. The highest BCUT2D eigenvalue weighted by atomic mass is 32.2. The van der Waals surface area contributed by atoms with Crippen molar-refractivity contribution in [1.29, 1.82) is 0 Å². The molecule has 12 heteroatoms. The number of ether oxygens (including phenoxy) is 2. The molecule has 278 valence electrons. The van der Waals surface area contributed by atoms with Crippen molar-refractivity contribution in [2.75, 3.05) is 0 Å². The van der Waals surface area contributed by atoms with Crippen LogP contribution in [0.3, 0.4) is 0 Å². The van der Waals surface area contributed by atoms with Gasteiger partial charge in [-0.05, 0) is 104 Å². The van der Waals surface area contributed by atoms with E-state index in [2.05, 4.69) is 12.1 Å². The van der Waals surface area contributed by atoms with Crippen LogP contribution in [0.2, 0.25) is 0 Å². The van der Waals surface area contributed by atoms with Gasteiger partial charge in [-0.15, -0.1) is 0 Å². The highest BCUT2D eigenvalue weighted by Gasteiger charge is 2.51. The SMILES string of the molecule is O=C(OC1CC2CC1CC2C(=O)Oc1c(F)c(F)c(S(=O)(=O)[O-])c(F)c1F)c1c(C2CCCCC2)cc(C2CCCCC2)cc1C1CCCCC1. The minimum Gasteiger partial charge on any atom is -0.744 e. The Morgan fingerprint density at radius 1 is 0.647 bits per heavy atom. The maximum absolute atomic E-state index is 14.6. The van der Waals surface area contributed by atoms with Crippen molar-refractivity contribution in [3.05, 3.63) is 57.7 Å². The summed E-state index contributed by atoms with van der Waals surface area (Å²) < 4.78 is 102. The molecule has 0 aliphatic heterocycles. The van der Waals surface area contributed by atoms with Gasteiger partial charge in [-0.3, -0.25) is 4.79 Å². The van der Waals surface area contributed by atoms with E-state index in [0.29, 0.717) is 30.6 Å². The van der Waals surface area contributed by atoms with Crippen molar-refractivity contribution < 1.29 is 49.6 Å². The van der Waals surface area contributed by atoms with Crippen molar-refractivity contribution in [2.45, 2.75) is 144 Å². The normalized spacial score (nSPS) is 26.4. The maximum Gasteiger partial charge on any atom is 0.338 e. The minimum absolute atomic E-state index is 0.175. The van der Waals surface area contributed by atoms with Crippen LogP contribution >= 0.6 is 0 Å². The molecule has 0 N–H and O–H groups in total. The Morgan fingerprint density at radius 3 is 1.59 bits per heavy atom. The molecule has 0 radical (unpaired) electrons.